The molecule has 0 aliphatic carbocycles. The molecule has 0 aromatic heterocycles. The van der Waals surface area contributed by atoms with Crippen molar-refractivity contribution in [2.45, 2.75) is 25.7 Å². The van der Waals surface area contributed by atoms with Crippen molar-refractivity contribution in [3.05, 3.63) is 24.0 Å². The lowest BCUT2D eigenvalue weighted by atomic mass is 10.2. The molecule has 0 bridgehead atoms. The van der Waals surface area contributed by atoms with Gasteiger partial charge < -0.3 is 10.6 Å². The predicted molar refractivity (Wildman–Crippen MR) is 61.5 cm³/mol. The van der Waals surface area contributed by atoms with Gasteiger partial charge in [0.05, 0.1) is 5.69 Å². The summed E-state index contributed by atoms with van der Waals surface area (Å²) in [5.41, 5.74) is 6.98. The number of hydrogen-bond donors (Lipinski definition) is 1. The number of nitrogens with two attached hydrogens (primary N) is 1. The third kappa shape index (κ3) is 2.41. The summed E-state index contributed by atoms with van der Waals surface area (Å²) in [6.45, 7) is 1.89. The molecule has 1 saturated heterocycles. The number of hydrogen-bond acceptors (Lipinski definition) is 2. The number of benzene rings is 1. The Balaban J connectivity index is 2.22. The molecule has 1 aliphatic rings. The van der Waals surface area contributed by atoms with Crippen LogP contribution in [0.1, 0.15) is 25.7 Å². The standard InChI is InChI=1S/C12H17FN2/c13-11-6-5-10(14)9-12(11)15-7-3-1-2-4-8-15/h5-6,9H,1-4,7-8,14H2. The van der Waals surface area contributed by atoms with Gasteiger partial charge in [-0.05, 0) is 31.0 Å². The number of anilines is 2. The largest absolute Gasteiger partial charge is 0.399 e. The van der Waals surface area contributed by atoms with Crippen LogP contribution >= 0.6 is 0 Å². The van der Waals surface area contributed by atoms with Gasteiger partial charge in [-0.1, -0.05) is 12.8 Å². The van der Waals surface area contributed by atoms with Crippen LogP contribution in [0.3, 0.4) is 0 Å². The first-order valence-electron chi connectivity index (χ1n) is 5.57. The van der Waals surface area contributed by atoms with E-state index in [0.29, 0.717) is 11.4 Å². The molecule has 3 heteroatoms. The molecule has 2 nitrogen and oxygen atoms in total. The minimum atomic E-state index is -0.161. The molecule has 0 spiro atoms. The van der Waals surface area contributed by atoms with Crippen molar-refractivity contribution in [2.24, 2.45) is 0 Å². The maximum absolute atomic E-state index is 13.6. The van der Waals surface area contributed by atoms with Gasteiger partial charge in [0.2, 0.25) is 0 Å². The number of nitrogen functional groups attached to an aromatic ring is 1. The maximum Gasteiger partial charge on any atom is 0.146 e. The minimum absolute atomic E-state index is 0.161. The molecular formula is C12H17FN2. The van der Waals surface area contributed by atoms with Crippen molar-refractivity contribution in [2.75, 3.05) is 23.7 Å². The van der Waals surface area contributed by atoms with Gasteiger partial charge in [0, 0.05) is 18.8 Å². The van der Waals surface area contributed by atoms with E-state index < -0.39 is 0 Å². The Bertz CT molecular complexity index is 330. The Morgan fingerprint density at radius 2 is 1.73 bits per heavy atom. The average molecular weight is 208 g/mol. The molecule has 0 radical (unpaired) electrons. The third-order valence-corrected chi connectivity index (χ3v) is 2.92. The Morgan fingerprint density at radius 1 is 1.07 bits per heavy atom. The Kier molecular flexibility index (Phi) is 3.09. The fraction of sp³-hybridized carbons (Fsp3) is 0.500. The summed E-state index contributed by atoms with van der Waals surface area (Å²) in [5, 5.41) is 0. The van der Waals surface area contributed by atoms with Gasteiger partial charge in [-0.2, -0.15) is 0 Å². The van der Waals surface area contributed by atoms with Crippen molar-refractivity contribution in [3.63, 3.8) is 0 Å². The monoisotopic (exact) mass is 208 g/mol. The maximum atomic E-state index is 13.6. The summed E-state index contributed by atoms with van der Waals surface area (Å²) in [7, 11) is 0. The molecule has 2 N–H and O–H groups in total. The zero-order chi connectivity index (χ0) is 10.7. The van der Waals surface area contributed by atoms with Gasteiger partial charge in [0.25, 0.3) is 0 Å². The van der Waals surface area contributed by atoms with Crippen LogP contribution < -0.4 is 10.6 Å². The van der Waals surface area contributed by atoms with Crippen molar-refractivity contribution in [3.8, 4) is 0 Å². The van der Waals surface area contributed by atoms with Crippen LogP contribution in [0.5, 0.6) is 0 Å². The van der Waals surface area contributed by atoms with Gasteiger partial charge >= 0.3 is 0 Å². The highest BCUT2D eigenvalue weighted by Crippen LogP contribution is 2.24. The van der Waals surface area contributed by atoms with Crippen LogP contribution in [0.4, 0.5) is 15.8 Å². The second kappa shape index (κ2) is 4.51. The van der Waals surface area contributed by atoms with Crippen LogP contribution in [-0.2, 0) is 0 Å². The molecule has 0 unspecified atom stereocenters. The Hall–Kier alpha value is -1.25. The second-order valence-electron chi connectivity index (χ2n) is 4.11. The summed E-state index contributed by atoms with van der Waals surface area (Å²) in [5.74, 6) is -0.161. The van der Waals surface area contributed by atoms with E-state index >= 15 is 0 Å². The highest BCUT2D eigenvalue weighted by Gasteiger charge is 2.13. The van der Waals surface area contributed by atoms with Crippen LogP contribution in [-0.4, -0.2) is 13.1 Å². The molecular weight excluding hydrogens is 191 g/mol. The normalized spacial score (nSPS) is 17.5. The highest BCUT2D eigenvalue weighted by molar-refractivity contribution is 5.57. The fourth-order valence-corrected chi connectivity index (χ4v) is 2.08. The van der Waals surface area contributed by atoms with Gasteiger partial charge in [0.1, 0.15) is 5.82 Å². The summed E-state index contributed by atoms with van der Waals surface area (Å²) in [4.78, 5) is 2.11. The summed E-state index contributed by atoms with van der Waals surface area (Å²) in [6.07, 6.45) is 4.79. The predicted octanol–water partition coefficient (Wildman–Crippen LogP) is 2.79. The summed E-state index contributed by atoms with van der Waals surface area (Å²) >= 11 is 0. The van der Waals surface area contributed by atoms with Crippen LogP contribution in [0.2, 0.25) is 0 Å². The Labute approximate surface area is 89.9 Å². The van der Waals surface area contributed by atoms with Gasteiger partial charge in [-0.3, -0.25) is 0 Å². The first-order chi connectivity index (χ1) is 7.27. The van der Waals surface area contributed by atoms with Crippen LogP contribution in [0.15, 0.2) is 18.2 Å². The van der Waals surface area contributed by atoms with Crippen LogP contribution in [0.25, 0.3) is 0 Å². The topological polar surface area (TPSA) is 29.3 Å². The average Bonchev–Trinajstić information content (AvgIpc) is 2.50. The molecule has 0 atom stereocenters. The first-order valence-corrected chi connectivity index (χ1v) is 5.57. The van der Waals surface area contributed by atoms with Crippen molar-refractivity contribution >= 4 is 11.4 Å². The van der Waals surface area contributed by atoms with E-state index in [0.717, 1.165) is 25.9 Å². The smallest absolute Gasteiger partial charge is 0.146 e. The van der Waals surface area contributed by atoms with E-state index in [1.54, 1.807) is 12.1 Å². The zero-order valence-electron chi connectivity index (χ0n) is 8.88. The lowest BCUT2D eigenvalue weighted by Gasteiger charge is -2.23. The quantitative estimate of drug-likeness (QED) is 0.719. The molecule has 82 valence electrons. The lowest BCUT2D eigenvalue weighted by Crippen LogP contribution is -2.24. The van der Waals surface area contributed by atoms with E-state index in [4.69, 9.17) is 5.73 Å². The first kappa shape index (κ1) is 10.3. The molecule has 0 saturated carbocycles. The number of nitrogens with zero attached hydrogens (tertiary/aromatic N) is 1. The van der Waals surface area contributed by atoms with Gasteiger partial charge in [-0.25, -0.2) is 4.39 Å². The van der Waals surface area contributed by atoms with E-state index in [9.17, 15) is 4.39 Å². The number of rotatable bonds is 1. The molecule has 1 aromatic rings. The summed E-state index contributed by atoms with van der Waals surface area (Å²) < 4.78 is 13.6. The Morgan fingerprint density at radius 3 is 2.40 bits per heavy atom. The molecule has 1 heterocycles. The van der Waals surface area contributed by atoms with Crippen molar-refractivity contribution < 1.29 is 4.39 Å². The molecule has 0 amide bonds. The van der Waals surface area contributed by atoms with Gasteiger partial charge in [0.15, 0.2) is 0 Å². The van der Waals surface area contributed by atoms with Crippen molar-refractivity contribution in [1.82, 2.24) is 0 Å². The summed E-state index contributed by atoms with van der Waals surface area (Å²) in [6, 6.07) is 4.80. The molecule has 1 fully saturated rings. The molecule has 15 heavy (non-hydrogen) atoms. The highest BCUT2D eigenvalue weighted by atomic mass is 19.1. The minimum Gasteiger partial charge on any atom is -0.399 e. The van der Waals surface area contributed by atoms with E-state index in [2.05, 4.69) is 4.90 Å². The van der Waals surface area contributed by atoms with E-state index in [1.165, 1.54) is 18.9 Å². The molecule has 1 aliphatic heterocycles. The fourth-order valence-electron chi connectivity index (χ4n) is 2.08. The van der Waals surface area contributed by atoms with E-state index in [-0.39, 0.29) is 5.82 Å². The van der Waals surface area contributed by atoms with E-state index in [1.807, 2.05) is 0 Å². The third-order valence-electron chi connectivity index (χ3n) is 2.92. The second-order valence-corrected chi connectivity index (χ2v) is 4.11. The molecule has 2 rings (SSSR count). The SMILES string of the molecule is Nc1ccc(F)c(N2CCCCCC2)c1. The molecule has 1 aromatic carbocycles. The number of halogens is 1. The van der Waals surface area contributed by atoms with Gasteiger partial charge in [-0.15, -0.1) is 0 Å². The lowest BCUT2D eigenvalue weighted by molar-refractivity contribution is 0.617. The van der Waals surface area contributed by atoms with Crippen LogP contribution in [0, 0.1) is 5.82 Å². The zero-order valence-corrected chi connectivity index (χ0v) is 8.88. The van der Waals surface area contributed by atoms with Crippen molar-refractivity contribution in [1.29, 1.82) is 0 Å².